The molecule has 0 amide bonds. The van der Waals surface area contributed by atoms with Crippen LogP contribution in [0.15, 0.2) is 48.7 Å². The van der Waals surface area contributed by atoms with Crippen molar-refractivity contribution >= 4 is 7.85 Å². The molecule has 0 aliphatic carbocycles. The molecule has 0 aromatic carbocycles. The van der Waals surface area contributed by atoms with Crippen molar-refractivity contribution in [3.63, 3.8) is 0 Å². The van der Waals surface area contributed by atoms with E-state index in [1.54, 1.807) is 0 Å². The lowest BCUT2D eigenvalue weighted by atomic mass is 9.77. The first-order chi connectivity index (χ1) is 8.69. The number of hydrogen-bond donors (Lipinski definition) is 1. The summed E-state index contributed by atoms with van der Waals surface area (Å²) in [5.41, 5.74) is 2.11. The van der Waals surface area contributed by atoms with Gasteiger partial charge in [-0.25, -0.2) is 0 Å². The van der Waals surface area contributed by atoms with Crippen molar-refractivity contribution in [2.24, 2.45) is 0 Å². The molecule has 0 rings (SSSR count). The molecule has 0 fully saturated rings. The average molecular weight is 243 g/mol. The third-order valence-electron chi connectivity index (χ3n) is 2.80. The fraction of sp³-hybridized carbons (Fsp3) is 0.500. The van der Waals surface area contributed by atoms with Gasteiger partial charge in [0.15, 0.2) is 0 Å². The first-order valence-electron chi connectivity index (χ1n) is 6.85. The predicted octanol–water partition coefficient (Wildman–Crippen LogP) is 4.32. The largest absolute Gasteiger partial charge is 0.385 e. The van der Waals surface area contributed by atoms with Gasteiger partial charge in [-0.1, -0.05) is 69.8 Å². The zero-order valence-corrected chi connectivity index (χ0v) is 11.9. The highest BCUT2D eigenvalue weighted by atomic mass is 14.9. The van der Waals surface area contributed by atoms with Crippen LogP contribution in [0.4, 0.5) is 0 Å². The van der Waals surface area contributed by atoms with Crippen LogP contribution in [0.2, 0.25) is 5.82 Å². The first kappa shape index (κ1) is 16.8. The summed E-state index contributed by atoms with van der Waals surface area (Å²) in [7, 11) is 6.07. The lowest BCUT2D eigenvalue weighted by Gasteiger charge is -2.11. The minimum atomic E-state index is 0.0745. The fourth-order valence-corrected chi connectivity index (χ4v) is 1.62. The molecule has 18 heavy (non-hydrogen) atoms. The van der Waals surface area contributed by atoms with Gasteiger partial charge in [-0.05, 0) is 18.6 Å². The molecule has 0 aromatic rings. The second kappa shape index (κ2) is 10.9. The van der Waals surface area contributed by atoms with E-state index in [1.807, 2.05) is 24.3 Å². The van der Waals surface area contributed by atoms with E-state index in [9.17, 15) is 0 Å². The van der Waals surface area contributed by atoms with Gasteiger partial charge in [-0.2, -0.15) is 0 Å². The van der Waals surface area contributed by atoms with Gasteiger partial charge in [0.2, 0.25) is 0 Å². The van der Waals surface area contributed by atoms with Gasteiger partial charge >= 0.3 is 0 Å². The third kappa shape index (κ3) is 7.21. The zero-order chi connectivity index (χ0) is 13.8. The number of allylic oxidation sites excluding steroid dienone is 5. The Morgan fingerprint density at radius 2 is 1.89 bits per heavy atom. The topological polar surface area (TPSA) is 12.0 Å². The molecule has 0 saturated carbocycles. The van der Waals surface area contributed by atoms with Crippen molar-refractivity contribution in [2.45, 2.75) is 45.3 Å². The molecule has 0 heterocycles. The number of unbranched alkanes of at least 4 members (excludes halogenated alkanes) is 1. The van der Waals surface area contributed by atoms with Crippen molar-refractivity contribution < 1.29 is 0 Å². The lowest BCUT2D eigenvalue weighted by molar-refractivity contribution is 0.720. The number of hydrogen-bond acceptors (Lipinski definition) is 1. The van der Waals surface area contributed by atoms with Crippen molar-refractivity contribution in [1.29, 1.82) is 0 Å². The first-order valence-corrected chi connectivity index (χ1v) is 6.85. The van der Waals surface area contributed by atoms with Gasteiger partial charge in [0.1, 0.15) is 0 Å². The van der Waals surface area contributed by atoms with Crippen LogP contribution < -0.4 is 5.32 Å². The molecule has 1 nitrogen and oxygen atoms in total. The molecule has 1 atom stereocenters. The lowest BCUT2D eigenvalue weighted by Crippen LogP contribution is -2.12. The summed E-state index contributed by atoms with van der Waals surface area (Å²) in [6, 6.07) is 0. The summed E-state index contributed by atoms with van der Waals surface area (Å²) in [6.45, 7) is 12.9. The van der Waals surface area contributed by atoms with E-state index in [0.29, 0.717) is 0 Å². The Labute approximate surface area is 114 Å². The minimum Gasteiger partial charge on any atom is -0.385 e. The van der Waals surface area contributed by atoms with Crippen molar-refractivity contribution in [3.8, 4) is 0 Å². The molecule has 0 aliphatic heterocycles. The molecule has 0 spiro atoms. The number of nitrogens with one attached hydrogen (secondary N) is 1. The van der Waals surface area contributed by atoms with Crippen molar-refractivity contribution in [1.82, 2.24) is 5.32 Å². The molecule has 0 bridgehead atoms. The van der Waals surface area contributed by atoms with E-state index in [1.165, 1.54) is 12.8 Å². The standard InChI is InChI=1S/C16H26BN/c1-5-9-13-18-15(8-4)12-11-14(7-3)16(17)10-6-2/h7-8,11-12,16,18H,3-6,9-10,13H2,1-2H3/b14-11+,15-12+. The van der Waals surface area contributed by atoms with Crippen molar-refractivity contribution in [3.05, 3.63) is 48.7 Å². The average Bonchev–Trinajstić information content (AvgIpc) is 2.37. The van der Waals surface area contributed by atoms with Gasteiger partial charge in [-0.15, -0.1) is 0 Å². The van der Waals surface area contributed by atoms with Crippen LogP contribution in [-0.2, 0) is 0 Å². The van der Waals surface area contributed by atoms with Crippen LogP contribution in [0.3, 0.4) is 0 Å². The quantitative estimate of drug-likeness (QED) is 0.342. The van der Waals surface area contributed by atoms with Crippen LogP contribution in [0.5, 0.6) is 0 Å². The Balaban J connectivity index is 4.56. The highest BCUT2D eigenvalue weighted by molar-refractivity contribution is 6.13. The van der Waals surface area contributed by atoms with E-state index in [-0.39, 0.29) is 5.82 Å². The van der Waals surface area contributed by atoms with Gasteiger partial charge in [-0.3, -0.25) is 0 Å². The van der Waals surface area contributed by atoms with E-state index in [2.05, 4.69) is 32.3 Å². The minimum absolute atomic E-state index is 0.0745. The SMILES string of the molecule is [B]C(CCC)/C(C=C)=C/C=C(\C=C)NCCCC. The van der Waals surface area contributed by atoms with Crippen LogP contribution in [0.25, 0.3) is 0 Å². The molecule has 0 saturated heterocycles. The molecule has 0 aromatic heterocycles. The summed E-state index contributed by atoms with van der Waals surface area (Å²) >= 11 is 0. The maximum absolute atomic E-state index is 6.07. The van der Waals surface area contributed by atoms with Gasteiger partial charge in [0.05, 0.1) is 7.85 Å². The molecule has 1 unspecified atom stereocenters. The Hall–Kier alpha value is -1.18. The molecule has 98 valence electrons. The monoisotopic (exact) mass is 243 g/mol. The second-order valence-electron chi connectivity index (χ2n) is 4.37. The zero-order valence-electron chi connectivity index (χ0n) is 11.9. The van der Waals surface area contributed by atoms with Gasteiger partial charge in [0.25, 0.3) is 0 Å². The van der Waals surface area contributed by atoms with Crippen LogP contribution in [0.1, 0.15) is 39.5 Å². The summed E-state index contributed by atoms with van der Waals surface area (Å²) in [4.78, 5) is 0. The molecule has 2 radical (unpaired) electrons. The Morgan fingerprint density at radius 3 is 2.39 bits per heavy atom. The van der Waals surface area contributed by atoms with Crippen molar-refractivity contribution in [2.75, 3.05) is 6.54 Å². The number of rotatable bonds is 10. The maximum atomic E-state index is 6.07. The Morgan fingerprint density at radius 1 is 1.17 bits per heavy atom. The molecule has 0 aliphatic rings. The summed E-state index contributed by atoms with van der Waals surface area (Å²) < 4.78 is 0. The molecular formula is C16H26BN. The highest BCUT2D eigenvalue weighted by Gasteiger charge is 2.02. The third-order valence-corrected chi connectivity index (χ3v) is 2.80. The summed E-state index contributed by atoms with van der Waals surface area (Å²) in [5, 5.41) is 3.34. The highest BCUT2D eigenvalue weighted by Crippen LogP contribution is 2.20. The Kier molecular flexibility index (Phi) is 10.2. The maximum Gasteiger partial charge on any atom is 0.0763 e. The fourth-order valence-electron chi connectivity index (χ4n) is 1.62. The van der Waals surface area contributed by atoms with E-state index < -0.39 is 0 Å². The summed E-state index contributed by atoms with van der Waals surface area (Å²) in [5.74, 6) is 0.0745. The van der Waals surface area contributed by atoms with E-state index in [0.717, 1.165) is 30.7 Å². The van der Waals surface area contributed by atoms with Crippen LogP contribution in [0, 0.1) is 0 Å². The Bertz CT molecular complexity index is 302. The van der Waals surface area contributed by atoms with Crippen LogP contribution in [-0.4, -0.2) is 14.4 Å². The smallest absolute Gasteiger partial charge is 0.0763 e. The van der Waals surface area contributed by atoms with Gasteiger partial charge in [0, 0.05) is 12.2 Å². The van der Waals surface area contributed by atoms with Gasteiger partial charge < -0.3 is 5.32 Å². The van der Waals surface area contributed by atoms with E-state index in [4.69, 9.17) is 7.85 Å². The second-order valence-corrected chi connectivity index (χ2v) is 4.37. The van der Waals surface area contributed by atoms with E-state index >= 15 is 0 Å². The summed E-state index contributed by atoms with van der Waals surface area (Å²) in [6.07, 6.45) is 12.1. The molecule has 1 N–H and O–H groups in total. The molecule has 2 heteroatoms. The molecular weight excluding hydrogens is 217 g/mol. The predicted molar refractivity (Wildman–Crippen MR) is 83.9 cm³/mol. The normalized spacial score (nSPS) is 14.1. The van der Waals surface area contributed by atoms with Crippen LogP contribution >= 0.6 is 0 Å².